The number of benzene rings is 2. The molecule has 130 valence electrons. The van der Waals surface area contributed by atoms with Crippen LogP contribution >= 0.6 is 0 Å². The standard InChI is InChI=1S/C21H20N4O/c1-3-6-17-19-18(15-10-9-13-7-4-5-8-14(13)11-15)16(12-22)20(23)26-21(19)25(2)24-17/h4-5,7-11,18H,3,6,23H2,1-2H3. The van der Waals surface area contributed by atoms with Crippen molar-refractivity contribution in [2.75, 3.05) is 0 Å². The van der Waals surface area contributed by atoms with Crippen LogP contribution in [0, 0.1) is 11.3 Å². The Morgan fingerprint density at radius 3 is 2.73 bits per heavy atom. The van der Waals surface area contributed by atoms with Gasteiger partial charge >= 0.3 is 0 Å². The monoisotopic (exact) mass is 344 g/mol. The van der Waals surface area contributed by atoms with Crippen molar-refractivity contribution < 1.29 is 4.74 Å². The molecule has 1 aromatic heterocycles. The molecule has 1 atom stereocenters. The molecule has 1 aliphatic rings. The van der Waals surface area contributed by atoms with Crippen molar-refractivity contribution in [2.24, 2.45) is 12.8 Å². The van der Waals surface area contributed by atoms with Gasteiger partial charge in [-0.15, -0.1) is 0 Å². The average molecular weight is 344 g/mol. The largest absolute Gasteiger partial charge is 0.422 e. The van der Waals surface area contributed by atoms with E-state index in [0.717, 1.165) is 35.0 Å². The molecule has 4 rings (SSSR count). The Kier molecular flexibility index (Phi) is 3.89. The van der Waals surface area contributed by atoms with Gasteiger partial charge in [0.25, 0.3) is 0 Å². The van der Waals surface area contributed by atoms with Gasteiger partial charge in [0.05, 0.1) is 17.2 Å². The zero-order valence-corrected chi connectivity index (χ0v) is 14.9. The lowest BCUT2D eigenvalue weighted by atomic mass is 9.82. The summed E-state index contributed by atoms with van der Waals surface area (Å²) in [6.45, 7) is 2.12. The Morgan fingerprint density at radius 1 is 1.23 bits per heavy atom. The molecule has 5 nitrogen and oxygen atoms in total. The highest BCUT2D eigenvalue weighted by molar-refractivity contribution is 5.83. The molecule has 0 fully saturated rings. The fourth-order valence-corrected chi connectivity index (χ4v) is 3.70. The molecule has 0 bridgehead atoms. The van der Waals surface area contributed by atoms with E-state index in [0.29, 0.717) is 11.5 Å². The summed E-state index contributed by atoms with van der Waals surface area (Å²) < 4.78 is 7.49. The lowest BCUT2D eigenvalue weighted by molar-refractivity contribution is 0.358. The average Bonchev–Trinajstić information content (AvgIpc) is 2.95. The number of aryl methyl sites for hydroxylation is 2. The predicted molar refractivity (Wildman–Crippen MR) is 100 cm³/mol. The van der Waals surface area contributed by atoms with Crippen molar-refractivity contribution >= 4 is 10.8 Å². The van der Waals surface area contributed by atoms with Crippen LogP contribution in [0.25, 0.3) is 10.8 Å². The van der Waals surface area contributed by atoms with E-state index >= 15 is 0 Å². The van der Waals surface area contributed by atoms with Gasteiger partial charge in [0.2, 0.25) is 11.8 Å². The van der Waals surface area contributed by atoms with Gasteiger partial charge < -0.3 is 10.5 Å². The summed E-state index contributed by atoms with van der Waals surface area (Å²) in [6, 6.07) is 16.7. The molecule has 26 heavy (non-hydrogen) atoms. The molecule has 3 aromatic rings. The number of rotatable bonds is 3. The zero-order valence-electron chi connectivity index (χ0n) is 14.9. The molecule has 0 aliphatic carbocycles. The lowest BCUT2D eigenvalue weighted by Gasteiger charge is -2.25. The Hall–Kier alpha value is -3.26. The SMILES string of the molecule is CCCc1nn(C)c2c1C(c1ccc3ccccc3c1)C(C#N)=C(N)O2. The summed E-state index contributed by atoms with van der Waals surface area (Å²) in [7, 11) is 1.85. The van der Waals surface area contributed by atoms with Crippen molar-refractivity contribution in [1.82, 2.24) is 9.78 Å². The molecule has 5 heteroatoms. The Balaban J connectivity index is 1.97. The maximum absolute atomic E-state index is 9.76. The number of hydrogen-bond acceptors (Lipinski definition) is 4. The summed E-state index contributed by atoms with van der Waals surface area (Å²) in [6.07, 6.45) is 1.80. The number of fused-ring (bicyclic) bond motifs is 2. The summed E-state index contributed by atoms with van der Waals surface area (Å²) in [5.74, 6) is 0.524. The van der Waals surface area contributed by atoms with E-state index in [-0.39, 0.29) is 11.8 Å². The van der Waals surface area contributed by atoms with Gasteiger partial charge in [-0.2, -0.15) is 10.4 Å². The fourth-order valence-electron chi connectivity index (χ4n) is 3.70. The number of allylic oxidation sites excluding steroid dienone is 1. The van der Waals surface area contributed by atoms with E-state index in [4.69, 9.17) is 10.5 Å². The minimum absolute atomic E-state index is 0.157. The number of nitrogens with two attached hydrogens (primary N) is 1. The molecule has 2 heterocycles. The second-order valence-corrected chi connectivity index (χ2v) is 6.57. The first-order chi connectivity index (χ1) is 12.6. The first-order valence-electron chi connectivity index (χ1n) is 8.76. The van der Waals surface area contributed by atoms with Gasteiger partial charge in [0.1, 0.15) is 11.6 Å². The molecule has 0 saturated carbocycles. The number of nitriles is 1. The highest BCUT2D eigenvalue weighted by atomic mass is 16.5. The van der Waals surface area contributed by atoms with Crippen molar-refractivity contribution in [3.05, 3.63) is 70.7 Å². The Labute approximate surface area is 152 Å². The van der Waals surface area contributed by atoms with Crippen LogP contribution in [-0.4, -0.2) is 9.78 Å². The molecule has 1 unspecified atom stereocenters. The first-order valence-corrected chi connectivity index (χ1v) is 8.76. The van der Waals surface area contributed by atoms with E-state index in [1.165, 1.54) is 5.39 Å². The summed E-state index contributed by atoms with van der Waals surface area (Å²) >= 11 is 0. The summed E-state index contributed by atoms with van der Waals surface area (Å²) in [5, 5.41) is 16.7. The fraction of sp³-hybridized carbons (Fsp3) is 0.238. The molecule has 2 aromatic carbocycles. The normalized spacial score (nSPS) is 16.3. The van der Waals surface area contributed by atoms with Gasteiger partial charge in [-0.1, -0.05) is 55.8 Å². The van der Waals surface area contributed by atoms with Crippen molar-refractivity contribution in [3.63, 3.8) is 0 Å². The number of hydrogen-bond donors (Lipinski definition) is 1. The minimum Gasteiger partial charge on any atom is -0.422 e. The van der Waals surface area contributed by atoms with E-state index < -0.39 is 0 Å². The number of aromatic nitrogens is 2. The van der Waals surface area contributed by atoms with Crippen LogP contribution in [-0.2, 0) is 13.5 Å². The van der Waals surface area contributed by atoms with E-state index in [1.54, 1.807) is 4.68 Å². The molecule has 0 saturated heterocycles. The van der Waals surface area contributed by atoms with Gasteiger partial charge in [-0.25, -0.2) is 4.68 Å². The van der Waals surface area contributed by atoms with Crippen LogP contribution in [0.4, 0.5) is 0 Å². The van der Waals surface area contributed by atoms with Gasteiger partial charge in [-0.3, -0.25) is 0 Å². The Bertz CT molecular complexity index is 1070. The van der Waals surface area contributed by atoms with E-state index in [9.17, 15) is 5.26 Å². The number of ether oxygens (including phenoxy) is 1. The molecule has 0 radical (unpaired) electrons. The van der Waals surface area contributed by atoms with E-state index in [1.807, 2.05) is 19.2 Å². The smallest absolute Gasteiger partial charge is 0.224 e. The van der Waals surface area contributed by atoms with Crippen molar-refractivity contribution in [3.8, 4) is 11.9 Å². The van der Waals surface area contributed by atoms with Crippen LogP contribution in [0.2, 0.25) is 0 Å². The van der Waals surface area contributed by atoms with Crippen LogP contribution in [0.3, 0.4) is 0 Å². The highest BCUT2D eigenvalue weighted by Crippen LogP contribution is 2.44. The van der Waals surface area contributed by atoms with Crippen LogP contribution in [0.5, 0.6) is 5.88 Å². The minimum atomic E-state index is -0.261. The topological polar surface area (TPSA) is 76.9 Å². The molecular weight excluding hydrogens is 324 g/mol. The zero-order chi connectivity index (χ0) is 18.3. The first kappa shape index (κ1) is 16.2. The third-order valence-corrected chi connectivity index (χ3v) is 4.87. The Morgan fingerprint density at radius 2 is 2.00 bits per heavy atom. The predicted octanol–water partition coefficient (Wildman–Crippen LogP) is 3.74. The molecule has 1 aliphatic heterocycles. The van der Waals surface area contributed by atoms with Gasteiger partial charge in [-0.05, 0) is 22.8 Å². The third kappa shape index (κ3) is 2.42. The molecule has 0 amide bonds. The molecular formula is C21H20N4O. The maximum atomic E-state index is 9.76. The second kappa shape index (κ2) is 6.23. The summed E-state index contributed by atoms with van der Waals surface area (Å²) in [4.78, 5) is 0. The van der Waals surface area contributed by atoms with Gasteiger partial charge in [0.15, 0.2) is 0 Å². The summed E-state index contributed by atoms with van der Waals surface area (Å²) in [5.41, 5.74) is 9.47. The molecule has 0 spiro atoms. The van der Waals surface area contributed by atoms with Crippen LogP contribution in [0.15, 0.2) is 53.9 Å². The quantitative estimate of drug-likeness (QED) is 0.785. The van der Waals surface area contributed by atoms with Crippen LogP contribution in [0.1, 0.15) is 36.1 Å². The maximum Gasteiger partial charge on any atom is 0.224 e. The van der Waals surface area contributed by atoms with Crippen molar-refractivity contribution in [2.45, 2.75) is 25.7 Å². The van der Waals surface area contributed by atoms with E-state index in [2.05, 4.69) is 48.4 Å². The third-order valence-electron chi connectivity index (χ3n) is 4.87. The number of nitrogens with zero attached hydrogens (tertiary/aromatic N) is 3. The lowest BCUT2D eigenvalue weighted by Crippen LogP contribution is -2.22. The second-order valence-electron chi connectivity index (χ2n) is 6.57. The molecule has 2 N–H and O–H groups in total. The van der Waals surface area contributed by atoms with Gasteiger partial charge in [0, 0.05) is 7.05 Å². The van der Waals surface area contributed by atoms with Crippen molar-refractivity contribution in [1.29, 1.82) is 5.26 Å². The van der Waals surface area contributed by atoms with Crippen LogP contribution < -0.4 is 10.5 Å². The highest BCUT2D eigenvalue weighted by Gasteiger charge is 2.35.